The van der Waals surface area contributed by atoms with E-state index in [-0.39, 0.29) is 6.54 Å². The van der Waals surface area contributed by atoms with Gasteiger partial charge in [-0.2, -0.15) is 0 Å². The predicted molar refractivity (Wildman–Crippen MR) is 45.7 cm³/mol. The quantitative estimate of drug-likeness (QED) is 0.527. The fraction of sp³-hybridized carbons (Fsp3) is 0.833. The molecule has 13 heavy (non-hydrogen) atoms. The highest BCUT2D eigenvalue weighted by atomic mass is 32.2. The van der Waals surface area contributed by atoms with Gasteiger partial charge in [-0.25, -0.2) is 13.1 Å². The highest BCUT2D eigenvalue weighted by Gasteiger charge is 2.27. The van der Waals surface area contributed by atoms with E-state index in [9.17, 15) is 13.2 Å². The Morgan fingerprint density at radius 1 is 1.46 bits per heavy atom. The number of carboxylic acid groups (broad SMARTS) is 1. The molecule has 0 aliphatic carbocycles. The second-order valence-electron chi connectivity index (χ2n) is 2.72. The molecule has 0 aliphatic heterocycles. The zero-order valence-electron chi connectivity index (χ0n) is 7.39. The van der Waals surface area contributed by atoms with Crippen molar-refractivity contribution in [1.29, 1.82) is 0 Å². The number of aliphatic hydroxyl groups is 1. The zero-order chi connectivity index (χ0) is 10.6. The summed E-state index contributed by atoms with van der Waals surface area (Å²) >= 11 is 0. The summed E-state index contributed by atoms with van der Waals surface area (Å²) in [6.07, 6.45) is -0.837. The molecule has 0 spiro atoms. The van der Waals surface area contributed by atoms with Crippen molar-refractivity contribution in [3.05, 3.63) is 0 Å². The Labute approximate surface area is 76.6 Å². The van der Waals surface area contributed by atoms with E-state index in [1.54, 1.807) is 0 Å². The fourth-order valence-corrected chi connectivity index (χ4v) is 1.48. The standard InChI is InChI=1S/C6H13NO5S/c1-4(8)3-7-13(11,12)5(2)6(9)10/h4-5,7-8H,3H2,1-2H3,(H,9,10). The lowest BCUT2D eigenvalue weighted by molar-refractivity contribution is -0.136. The average Bonchev–Trinajstić information content (AvgIpc) is 1.99. The fourth-order valence-electron chi connectivity index (χ4n) is 0.494. The Kier molecular flexibility index (Phi) is 4.31. The molecule has 0 fully saturated rings. The summed E-state index contributed by atoms with van der Waals surface area (Å²) in [5.41, 5.74) is 0. The Bertz CT molecular complexity index is 271. The van der Waals surface area contributed by atoms with Gasteiger partial charge in [0, 0.05) is 6.54 Å². The first-order chi connectivity index (χ1) is 5.77. The maximum absolute atomic E-state index is 11.1. The largest absolute Gasteiger partial charge is 0.480 e. The number of carboxylic acids is 1. The molecule has 0 saturated heterocycles. The molecule has 78 valence electrons. The Morgan fingerprint density at radius 3 is 2.23 bits per heavy atom. The first-order valence-electron chi connectivity index (χ1n) is 3.66. The van der Waals surface area contributed by atoms with Gasteiger partial charge in [0.2, 0.25) is 10.0 Å². The van der Waals surface area contributed by atoms with Crippen LogP contribution in [0.2, 0.25) is 0 Å². The van der Waals surface area contributed by atoms with E-state index in [0.29, 0.717) is 0 Å². The van der Waals surface area contributed by atoms with Crippen LogP contribution >= 0.6 is 0 Å². The number of rotatable bonds is 5. The number of nitrogens with one attached hydrogen (secondary N) is 1. The highest BCUT2D eigenvalue weighted by Crippen LogP contribution is 1.97. The molecule has 0 heterocycles. The minimum absolute atomic E-state index is 0.181. The van der Waals surface area contributed by atoms with Crippen molar-refractivity contribution >= 4 is 16.0 Å². The molecular formula is C6H13NO5S. The molecule has 0 aromatic heterocycles. The second kappa shape index (κ2) is 4.54. The maximum atomic E-state index is 11.1. The van der Waals surface area contributed by atoms with Crippen molar-refractivity contribution in [2.45, 2.75) is 25.2 Å². The molecule has 0 bridgehead atoms. The third kappa shape index (κ3) is 4.20. The van der Waals surface area contributed by atoms with Crippen molar-refractivity contribution in [1.82, 2.24) is 4.72 Å². The van der Waals surface area contributed by atoms with Gasteiger partial charge in [-0.05, 0) is 13.8 Å². The van der Waals surface area contributed by atoms with Gasteiger partial charge >= 0.3 is 5.97 Å². The number of hydrogen-bond donors (Lipinski definition) is 3. The van der Waals surface area contributed by atoms with E-state index in [2.05, 4.69) is 0 Å². The van der Waals surface area contributed by atoms with Gasteiger partial charge in [-0.1, -0.05) is 0 Å². The third-order valence-corrected chi connectivity index (χ3v) is 3.09. The summed E-state index contributed by atoms with van der Waals surface area (Å²) in [6, 6.07) is 0. The molecule has 0 amide bonds. The summed E-state index contributed by atoms with van der Waals surface area (Å²) in [4.78, 5) is 10.3. The maximum Gasteiger partial charge on any atom is 0.323 e. The molecule has 0 aromatic rings. The Hall–Kier alpha value is -0.660. The van der Waals surface area contributed by atoms with Gasteiger partial charge in [0.25, 0.3) is 0 Å². The average molecular weight is 211 g/mol. The summed E-state index contributed by atoms with van der Waals surface area (Å²) in [6.45, 7) is 2.28. The van der Waals surface area contributed by atoms with Gasteiger partial charge in [-0.15, -0.1) is 0 Å². The van der Waals surface area contributed by atoms with Crippen LogP contribution in [0.5, 0.6) is 0 Å². The first kappa shape index (κ1) is 12.3. The number of carbonyl (C=O) groups is 1. The van der Waals surface area contributed by atoms with Crippen LogP contribution in [-0.2, 0) is 14.8 Å². The van der Waals surface area contributed by atoms with Crippen molar-refractivity contribution in [3.8, 4) is 0 Å². The molecule has 0 rings (SSSR count). The lowest BCUT2D eigenvalue weighted by atomic mass is 10.4. The van der Waals surface area contributed by atoms with Crippen LogP contribution < -0.4 is 4.72 Å². The normalized spacial score (nSPS) is 16.5. The Morgan fingerprint density at radius 2 is 1.92 bits per heavy atom. The summed E-state index contributed by atoms with van der Waals surface area (Å²) in [5.74, 6) is -1.42. The van der Waals surface area contributed by atoms with Crippen LogP contribution in [0.3, 0.4) is 0 Å². The molecule has 0 saturated carbocycles. The molecule has 6 nitrogen and oxygen atoms in total. The summed E-state index contributed by atoms with van der Waals surface area (Å²) in [7, 11) is -3.86. The van der Waals surface area contributed by atoms with E-state index in [0.717, 1.165) is 6.92 Å². The van der Waals surface area contributed by atoms with E-state index in [1.807, 2.05) is 4.72 Å². The summed E-state index contributed by atoms with van der Waals surface area (Å²) in [5, 5.41) is 15.7. The van der Waals surface area contributed by atoms with Crippen LogP contribution in [0.1, 0.15) is 13.8 Å². The minimum Gasteiger partial charge on any atom is -0.480 e. The van der Waals surface area contributed by atoms with E-state index < -0.39 is 27.3 Å². The lowest BCUT2D eigenvalue weighted by Gasteiger charge is -2.10. The van der Waals surface area contributed by atoms with Gasteiger partial charge in [0.1, 0.15) is 0 Å². The van der Waals surface area contributed by atoms with Crippen molar-refractivity contribution in [2.75, 3.05) is 6.54 Å². The topological polar surface area (TPSA) is 104 Å². The lowest BCUT2D eigenvalue weighted by Crippen LogP contribution is -2.40. The minimum atomic E-state index is -3.86. The molecule has 2 atom stereocenters. The Balaban J connectivity index is 4.33. The highest BCUT2D eigenvalue weighted by molar-refractivity contribution is 7.90. The SMILES string of the molecule is CC(O)CNS(=O)(=O)C(C)C(=O)O. The van der Waals surface area contributed by atoms with Crippen molar-refractivity contribution in [3.63, 3.8) is 0 Å². The monoisotopic (exact) mass is 211 g/mol. The predicted octanol–water partition coefficient (Wildman–Crippen LogP) is -1.24. The van der Waals surface area contributed by atoms with Crippen LogP contribution in [0, 0.1) is 0 Å². The van der Waals surface area contributed by atoms with Gasteiger partial charge in [0.05, 0.1) is 6.10 Å². The van der Waals surface area contributed by atoms with E-state index in [4.69, 9.17) is 10.2 Å². The van der Waals surface area contributed by atoms with Gasteiger partial charge < -0.3 is 10.2 Å². The third-order valence-electron chi connectivity index (χ3n) is 1.39. The number of sulfonamides is 1. The van der Waals surface area contributed by atoms with Gasteiger partial charge in [-0.3, -0.25) is 4.79 Å². The molecule has 2 unspecified atom stereocenters. The van der Waals surface area contributed by atoms with Crippen LogP contribution in [0.4, 0.5) is 0 Å². The van der Waals surface area contributed by atoms with E-state index >= 15 is 0 Å². The first-order valence-corrected chi connectivity index (χ1v) is 5.21. The molecular weight excluding hydrogens is 198 g/mol. The van der Waals surface area contributed by atoms with Crippen molar-refractivity contribution in [2.24, 2.45) is 0 Å². The second-order valence-corrected chi connectivity index (χ2v) is 4.81. The summed E-state index contributed by atoms with van der Waals surface area (Å²) < 4.78 is 24.1. The number of hydrogen-bond acceptors (Lipinski definition) is 4. The van der Waals surface area contributed by atoms with Crippen LogP contribution in [0.15, 0.2) is 0 Å². The smallest absolute Gasteiger partial charge is 0.323 e. The van der Waals surface area contributed by atoms with Crippen LogP contribution in [-0.4, -0.2) is 42.5 Å². The molecule has 0 aliphatic rings. The molecule has 0 aromatic carbocycles. The number of aliphatic carboxylic acids is 1. The zero-order valence-corrected chi connectivity index (χ0v) is 8.21. The number of aliphatic hydroxyl groups excluding tert-OH is 1. The van der Waals surface area contributed by atoms with E-state index in [1.165, 1.54) is 6.92 Å². The van der Waals surface area contributed by atoms with Crippen LogP contribution in [0.25, 0.3) is 0 Å². The van der Waals surface area contributed by atoms with Crippen molar-refractivity contribution < 1.29 is 23.4 Å². The van der Waals surface area contributed by atoms with Gasteiger partial charge in [0.15, 0.2) is 5.25 Å². The molecule has 0 radical (unpaired) electrons. The molecule has 7 heteroatoms. The molecule has 3 N–H and O–H groups in total.